The normalized spacial score (nSPS) is 16.1. The summed E-state index contributed by atoms with van der Waals surface area (Å²) in [6.07, 6.45) is 0.286. The molecule has 1 heterocycles. The molecule has 1 rings (SSSR count). The molecular formula is C10H12F3NO. The van der Waals surface area contributed by atoms with E-state index in [4.69, 9.17) is 0 Å². The maximum atomic E-state index is 13.3. The van der Waals surface area contributed by atoms with E-state index < -0.39 is 23.8 Å². The molecule has 0 amide bonds. The van der Waals surface area contributed by atoms with E-state index in [1.165, 1.54) is 6.92 Å². The van der Waals surface area contributed by atoms with Crippen molar-refractivity contribution in [1.29, 1.82) is 0 Å². The van der Waals surface area contributed by atoms with Crippen molar-refractivity contribution in [3.8, 4) is 0 Å². The first-order valence-electron chi connectivity index (χ1n) is 4.53. The largest absolute Gasteiger partial charge is 0.378 e. The quantitative estimate of drug-likeness (QED) is 0.847. The molecule has 2 nitrogen and oxygen atoms in total. The molecule has 15 heavy (non-hydrogen) atoms. The second-order valence-corrected chi connectivity index (χ2v) is 3.49. The fourth-order valence-corrected chi connectivity index (χ4v) is 1.20. The van der Waals surface area contributed by atoms with Crippen molar-refractivity contribution in [3.63, 3.8) is 0 Å². The number of aromatic nitrogens is 1. The fraction of sp³-hybridized carbons (Fsp3) is 0.500. The lowest BCUT2D eigenvalue weighted by atomic mass is 9.92. The Morgan fingerprint density at radius 2 is 2.00 bits per heavy atom. The summed E-state index contributed by atoms with van der Waals surface area (Å²) >= 11 is 0. The molecule has 0 aliphatic carbocycles. The Bertz CT molecular complexity index is 335. The van der Waals surface area contributed by atoms with Gasteiger partial charge in [-0.2, -0.15) is 0 Å². The Hall–Kier alpha value is -1.10. The van der Waals surface area contributed by atoms with Crippen LogP contribution in [-0.2, 0) is 5.60 Å². The summed E-state index contributed by atoms with van der Waals surface area (Å²) in [5.41, 5.74) is -2.62. The molecule has 0 fully saturated rings. The van der Waals surface area contributed by atoms with Crippen LogP contribution >= 0.6 is 0 Å². The molecule has 0 saturated heterocycles. The Labute approximate surface area is 85.8 Å². The zero-order chi connectivity index (χ0) is 11.7. The molecule has 0 aromatic carbocycles. The number of hydrogen-bond donors (Lipinski definition) is 1. The van der Waals surface area contributed by atoms with Crippen molar-refractivity contribution in [2.45, 2.75) is 31.8 Å². The van der Waals surface area contributed by atoms with E-state index in [2.05, 4.69) is 4.98 Å². The summed E-state index contributed by atoms with van der Waals surface area (Å²) in [7, 11) is 0. The monoisotopic (exact) mass is 219 g/mol. The lowest BCUT2D eigenvalue weighted by Gasteiger charge is -2.31. The molecule has 1 aromatic rings. The Morgan fingerprint density at radius 1 is 1.40 bits per heavy atom. The predicted octanol–water partition coefficient (Wildman–Crippen LogP) is 2.47. The highest BCUT2D eigenvalue weighted by Gasteiger charge is 2.49. The summed E-state index contributed by atoms with van der Waals surface area (Å²) < 4.78 is 39.2. The molecule has 1 N–H and O–H groups in total. The van der Waals surface area contributed by atoms with Crippen molar-refractivity contribution >= 4 is 0 Å². The van der Waals surface area contributed by atoms with Crippen LogP contribution in [0, 0.1) is 5.82 Å². The highest BCUT2D eigenvalue weighted by atomic mass is 19.3. The first kappa shape index (κ1) is 12.0. The average molecular weight is 219 g/mol. The number of alkyl halides is 2. The van der Waals surface area contributed by atoms with Gasteiger partial charge < -0.3 is 5.11 Å². The minimum absolute atomic E-state index is 0.240. The van der Waals surface area contributed by atoms with Crippen molar-refractivity contribution < 1.29 is 18.3 Å². The van der Waals surface area contributed by atoms with E-state index in [9.17, 15) is 18.3 Å². The lowest BCUT2D eigenvalue weighted by molar-refractivity contribution is -0.181. The topological polar surface area (TPSA) is 33.1 Å². The standard InChI is InChI=1S/C10H12F3NO/c1-3-10(12,13)9(2,15)8-5-4-7(11)6-14-8/h4-6,15H,3H2,1-2H3. The molecule has 84 valence electrons. The summed E-state index contributed by atoms with van der Waals surface area (Å²) in [5.74, 6) is -3.92. The van der Waals surface area contributed by atoms with E-state index in [0.717, 1.165) is 25.3 Å². The molecule has 1 atom stereocenters. The van der Waals surface area contributed by atoms with Crippen LogP contribution in [0.25, 0.3) is 0 Å². The highest BCUT2D eigenvalue weighted by molar-refractivity contribution is 5.16. The van der Waals surface area contributed by atoms with Crippen molar-refractivity contribution in [3.05, 3.63) is 29.8 Å². The van der Waals surface area contributed by atoms with Crippen LogP contribution in [-0.4, -0.2) is 16.0 Å². The maximum absolute atomic E-state index is 13.3. The number of pyridine rings is 1. The minimum Gasteiger partial charge on any atom is -0.378 e. The van der Waals surface area contributed by atoms with Crippen LogP contribution in [0.3, 0.4) is 0 Å². The van der Waals surface area contributed by atoms with Gasteiger partial charge >= 0.3 is 0 Å². The zero-order valence-electron chi connectivity index (χ0n) is 8.47. The van der Waals surface area contributed by atoms with Gasteiger partial charge in [0.2, 0.25) is 0 Å². The van der Waals surface area contributed by atoms with Crippen molar-refractivity contribution in [2.75, 3.05) is 0 Å². The van der Waals surface area contributed by atoms with Crippen molar-refractivity contribution in [2.24, 2.45) is 0 Å². The minimum atomic E-state index is -3.29. The van der Waals surface area contributed by atoms with Gasteiger partial charge in [-0.05, 0) is 19.1 Å². The molecular weight excluding hydrogens is 207 g/mol. The van der Waals surface area contributed by atoms with Gasteiger partial charge in [0.15, 0.2) is 5.60 Å². The van der Waals surface area contributed by atoms with E-state index in [-0.39, 0.29) is 5.69 Å². The van der Waals surface area contributed by atoms with Gasteiger partial charge in [-0.1, -0.05) is 6.92 Å². The van der Waals surface area contributed by atoms with E-state index in [1.807, 2.05) is 0 Å². The van der Waals surface area contributed by atoms with Gasteiger partial charge in [0.25, 0.3) is 5.92 Å². The third-order valence-corrected chi connectivity index (χ3v) is 2.38. The van der Waals surface area contributed by atoms with Crippen LogP contribution in [0.1, 0.15) is 26.0 Å². The first-order valence-corrected chi connectivity index (χ1v) is 4.53. The smallest absolute Gasteiger partial charge is 0.281 e. The molecule has 0 radical (unpaired) electrons. The van der Waals surface area contributed by atoms with Crippen LogP contribution in [0.4, 0.5) is 13.2 Å². The number of halogens is 3. The second kappa shape index (κ2) is 3.81. The molecule has 0 aliphatic rings. The maximum Gasteiger partial charge on any atom is 0.281 e. The summed E-state index contributed by atoms with van der Waals surface area (Å²) in [5, 5.41) is 9.67. The predicted molar refractivity (Wildman–Crippen MR) is 49.0 cm³/mol. The molecule has 0 aliphatic heterocycles. The number of nitrogens with zero attached hydrogens (tertiary/aromatic N) is 1. The van der Waals surface area contributed by atoms with Crippen LogP contribution < -0.4 is 0 Å². The van der Waals surface area contributed by atoms with E-state index >= 15 is 0 Å². The second-order valence-electron chi connectivity index (χ2n) is 3.49. The SMILES string of the molecule is CCC(F)(F)C(C)(O)c1ccc(F)cn1. The molecule has 1 unspecified atom stereocenters. The molecule has 0 saturated carbocycles. The third kappa shape index (κ3) is 2.12. The van der Waals surface area contributed by atoms with Crippen LogP contribution in [0.2, 0.25) is 0 Å². The third-order valence-electron chi connectivity index (χ3n) is 2.38. The first-order chi connectivity index (χ1) is 6.81. The van der Waals surface area contributed by atoms with E-state index in [0.29, 0.717) is 0 Å². The zero-order valence-corrected chi connectivity index (χ0v) is 8.47. The van der Waals surface area contributed by atoms with Gasteiger partial charge in [0.05, 0.1) is 11.9 Å². The summed E-state index contributed by atoms with van der Waals surface area (Å²) in [6, 6.07) is 2.04. The average Bonchev–Trinajstić information content (AvgIpc) is 2.18. The van der Waals surface area contributed by atoms with Gasteiger partial charge in [-0.25, -0.2) is 13.2 Å². The molecule has 0 spiro atoms. The number of rotatable bonds is 3. The summed E-state index contributed by atoms with van der Waals surface area (Å²) in [4.78, 5) is 3.46. The Kier molecular flexibility index (Phi) is 3.04. The van der Waals surface area contributed by atoms with Crippen LogP contribution in [0.15, 0.2) is 18.3 Å². The lowest BCUT2D eigenvalue weighted by Crippen LogP contribution is -2.43. The molecule has 0 bridgehead atoms. The fourth-order valence-electron chi connectivity index (χ4n) is 1.20. The molecule has 5 heteroatoms. The number of hydrogen-bond acceptors (Lipinski definition) is 2. The van der Waals surface area contributed by atoms with Crippen molar-refractivity contribution in [1.82, 2.24) is 4.98 Å². The Balaban J connectivity index is 3.10. The van der Waals surface area contributed by atoms with Crippen LogP contribution in [0.5, 0.6) is 0 Å². The van der Waals surface area contributed by atoms with Gasteiger partial charge in [-0.3, -0.25) is 4.98 Å². The van der Waals surface area contributed by atoms with Gasteiger partial charge in [0.1, 0.15) is 5.82 Å². The number of aliphatic hydroxyl groups is 1. The highest BCUT2D eigenvalue weighted by Crippen LogP contribution is 2.38. The van der Waals surface area contributed by atoms with Gasteiger partial charge in [0, 0.05) is 6.42 Å². The summed E-state index contributed by atoms with van der Waals surface area (Å²) in [6.45, 7) is 2.23. The molecule has 1 aromatic heterocycles. The van der Waals surface area contributed by atoms with Gasteiger partial charge in [-0.15, -0.1) is 0 Å². The van der Waals surface area contributed by atoms with E-state index in [1.54, 1.807) is 0 Å². The Morgan fingerprint density at radius 3 is 2.40 bits per heavy atom.